The van der Waals surface area contributed by atoms with Crippen molar-refractivity contribution >= 4 is 17.3 Å². The molecule has 2 aromatic carbocycles. The molecule has 0 aliphatic carbocycles. The molecule has 1 atom stereocenters. The van der Waals surface area contributed by atoms with Gasteiger partial charge in [-0.1, -0.05) is 12.7 Å². The zero-order valence-corrected chi connectivity index (χ0v) is 18.0. The minimum absolute atomic E-state index is 0.0793. The molecule has 1 heterocycles. The minimum Gasteiger partial charge on any atom is -0.493 e. The molecule has 0 radical (unpaired) electrons. The van der Waals surface area contributed by atoms with Crippen molar-refractivity contribution in [2.24, 2.45) is 0 Å². The Hall–Kier alpha value is -3.59. The van der Waals surface area contributed by atoms with Crippen LogP contribution in [0, 0.1) is 10.1 Å². The first-order chi connectivity index (χ1) is 15.5. The van der Waals surface area contributed by atoms with Crippen LogP contribution in [0.2, 0.25) is 0 Å². The number of hydrogen-bond acceptors (Lipinski definition) is 7. The van der Waals surface area contributed by atoms with Crippen molar-refractivity contribution in [3.63, 3.8) is 0 Å². The number of carbonyl (C=O) groups is 1. The maximum atomic E-state index is 12.7. The highest BCUT2D eigenvalue weighted by molar-refractivity contribution is 6.07. The molecule has 0 bridgehead atoms. The third kappa shape index (κ3) is 5.98. The van der Waals surface area contributed by atoms with Crippen molar-refractivity contribution in [2.45, 2.75) is 25.3 Å². The van der Waals surface area contributed by atoms with Gasteiger partial charge < -0.3 is 24.8 Å². The van der Waals surface area contributed by atoms with Gasteiger partial charge in [0.05, 0.1) is 24.7 Å². The van der Waals surface area contributed by atoms with Gasteiger partial charge in [0.1, 0.15) is 17.9 Å². The zero-order valence-electron chi connectivity index (χ0n) is 18.0. The van der Waals surface area contributed by atoms with E-state index in [0.29, 0.717) is 29.8 Å². The lowest BCUT2D eigenvalue weighted by molar-refractivity contribution is -0.385. The molecule has 3 rings (SSSR count). The Balaban J connectivity index is 1.68. The Morgan fingerprint density at radius 3 is 2.81 bits per heavy atom. The van der Waals surface area contributed by atoms with Gasteiger partial charge in [-0.25, -0.2) is 0 Å². The first-order valence-electron chi connectivity index (χ1n) is 10.4. The van der Waals surface area contributed by atoms with Gasteiger partial charge in [0.2, 0.25) is 0 Å². The molecule has 9 nitrogen and oxygen atoms in total. The lowest BCUT2D eigenvalue weighted by atomic mass is 10.1. The normalized spacial score (nSPS) is 15.1. The van der Waals surface area contributed by atoms with Gasteiger partial charge in [0.15, 0.2) is 11.5 Å². The van der Waals surface area contributed by atoms with E-state index in [1.807, 2.05) is 0 Å². The number of benzene rings is 2. The number of rotatable bonds is 11. The number of ether oxygens (including phenoxy) is 3. The summed E-state index contributed by atoms with van der Waals surface area (Å²) in [6.07, 6.45) is 4.76. The SMILES string of the molecule is C=CCOc1ccc(C(=O)Nc2ccc(OCCC3CCCN3)c(OC)c2)c([N+](=O)[O-])c1. The highest BCUT2D eigenvalue weighted by Crippen LogP contribution is 2.31. The van der Waals surface area contributed by atoms with E-state index in [1.165, 1.54) is 37.8 Å². The Labute approximate surface area is 186 Å². The van der Waals surface area contributed by atoms with Gasteiger partial charge in [0, 0.05) is 17.8 Å². The number of nitrogens with zero attached hydrogens (tertiary/aromatic N) is 1. The smallest absolute Gasteiger partial charge is 0.285 e. The van der Waals surface area contributed by atoms with Crippen molar-refractivity contribution in [3.05, 3.63) is 64.7 Å². The van der Waals surface area contributed by atoms with Crippen LogP contribution in [-0.4, -0.2) is 43.7 Å². The van der Waals surface area contributed by atoms with Crippen LogP contribution in [0.5, 0.6) is 17.2 Å². The van der Waals surface area contributed by atoms with Gasteiger partial charge in [-0.05, 0) is 50.1 Å². The highest BCUT2D eigenvalue weighted by atomic mass is 16.6. The first kappa shape index (κ1) is 23.1. The van der Waals surface area contributed by atoms with E-state index in [-0.39, 0.29) is 23.6 Å². The van der Waals surface area contributed by atoms with Crippen LogP contribution in [0.3, 0.4) is 0 Å². The molecule has 1 aliphatic heterocycles. The maximum absolute atomic E-state index is 12.7. The maximum Gasteiger partial charge on any atom is 0.285 e. The quantitative estimate of drug-likeness (QED) is 0.309. The summed E-state index contributed by atoms with van der Waals surface area (Å²) in [4.78, 5) is 23.6. The molecule has 1 aliphatic rings. The second-order valence-electron chi connectivity index (χ2n) is 7.29. The number of hydrogen-bond donors (Lipinski definition) is 2. The van der Waals surface area contributed by atoms with Crippen LogP contribution in [-0.2, 0) is 0 Å². The monoisotopic (exact) mass is 441 g/mol. The first-order valence-corrected chi connectivity index (χ1v) is 10.4. The van der Waals surface area contributed by atoms with Crippen LogP contribution >= 0.6 is 0 Å². The molecular formula is C23H27N3O6. The van der Waals surface area contributed by atoms with E-state index in [1.54, 1.807) is 18.2 Å². The van der Waals surface area contributed by atoms with Crippen molar-refractivity contribution in [1.29, 1.82) is 0 Å². The number of anilines is 1. The second kappa shape index (κ2) is 11.1. The van der Waals surface area contributed by atoms with Gasteiger partial charge in [-0.3, -0.25) is 14.9 Å². The predicted octanol–water partition coefficient (Wildman–Crippen LogP) is 3.94. The zero-order chi connectivity index (χ0) is 22.9. The molecule has 9 heteroatoms. The second-order valence-corrected chi connectivity index (χ2v) is 7.29. The van der Waals surface area contributed by atoms with Gasteiger partial charge >= 0.3 is 0 Å². The largest absolute Gasteiger partial charge is 0.493 e. The Bertz CT molecular complexity index is 972. The van der Waals surface area contributed by atoms with Crippen LogP contribution in [0.1, 0.15) is 29.6 Å². The molecule has 2 N–H and O–H groups in total. The van der Waals surface area contributed by atoms with Gasteiger partial charge in [0.25, 0.3) is 11.6 Å². The summed E-state index contributed by atoms with van der Waals surface area (Å²) in [5, 5.41) is 17.6. The summed E-state index contributed by atoms with van der Waals surface area (Å²) in [7, 11) is 1.51. The van der Waals surface area contributed by atoms with Gasteiger partial charge in [-0.15, -0.1) is 0 Å². The number of nitro benzene ring substituents is 1. The topological polar surface area (TPSA) is 112 Å². The summed E-state index contributed by atoms with van der Waals surface area (Å²) in [5.41, 5.74) is -0.00115. The fourth-order valence-electron chi connectivity index (χ4n) is 3.48. The van der Waals surface area contributed by atoms with E-state index < -0.39 is 10.8 Å². The summed E-state index contributed by atoms with van der Waals surface area (Å²) in [6, 6.07) is 9.54. The molecule has 2 aromatic rings. The van der Waals surface area contributed by atoms with E-state index in [0.717, 1.165) is 19.4 Å². The van der Waals surface area contributed by atoms with Crippen LogP contribution in [0.4, 0.5) is 11.4 Å². The fraction of sp³-hybridized carbons (Fsp3) is 0.348. The third-order valence-corrected chi connectivity index (χ3v) is 5.09. The number of nitro groups is 1. The van der Waals surface area contributed by atoms with E-state index in [4.69, 9.17) is 14.2 Å². The molecule has 170 valence electrons. The Morgan fingerprint density at radius 1 is 1.28 bits per heavy atom. The van der Waals surface area contributed by atoms with Crippen molar-refractivity contribution < 1.29 is 23.9 Å². The fourth-order valence-corrected chi connectivity index (χ4v) is 3.48. The molecule has 1 fully saturated rings. The van der Waals surface area contributed by atoms with E-state index in [9.17, 15) is 14.9 Å². The molecule has 32 heavy (non-hydrogen) atoms. The number of amides is 1. The third-order valence-electron chi connectivity index (χ3n) is 5.09. The van der Waals surface area contributed by atoms with E-state index in [2.05, 4.69) is 17.2 Å². The summed E-state index contributed by atoms with van der Waals surface area (Å²) < 4.78 is 16.5. The number of methoxy groups -OCH3 is 1. The van der Waals surface area contributed by atoms with Crippen LogP contribution in [0.15, 0.2) is 49.1 Å². The highest BCUT2D eigenvalue weighted by Gasteiger charge is 2.22. The van der Waals surface area contributed by atoms with Gasteiger partial charge in [-0.2, -0.15) is 0 Å². The Kier molecular flexibility index (Phi) is 8.04. The lowest BCUT2D eigenvalue weighted by Crippen LogP contribution is -2.23. The summed E-state index contributed by atoms with van der Waals surface area (Å²) >= 11 is 0. The predicted molar refractivity (Wildman–Crippen MR) is 121 cm³/mol. The average molecular weight is 441 g/mol. The minimum atomic E-state index is -0.619. The molecule has 1 unspecified atom stereocenters. The van der Waals surface area contributed by atoms with E-state index >= 15 is 0 Å². The van der Waals surface area contributed by atoms with Crippen molar-refractivity contribution in [2.75, 3.05) is 32.2 Å². The van der Waals surface area contributed by atoms with Crippen LogP contribution < -0.4 is 24.8 Å². The summed E-state index contributed by atoms with van der Waals surface area (Å²) in [6.45, 7) is 5.33. The molecule has 0 saturated carbocycles. The average Bonchev–Trinajstić information content (AvgIpc) is 3.31. The molecule has 1 saturated heterocycles. The van der Waals surface area contributed by atoms with Crippen LogP contribution in [0.25, 0.3) is 0 Å². The van der Waals surface area contributed by atoms with Crippen molar-refractivity contribution in [1.82, 2.24) is 5.32 Å². The standard InChI is InChI=1S/C23H27N3O6/c1-3-12-31-18-7-8-19(20(15-18)26(28)29)23(27)25-17-6-9-21(22(14-17)30-2)32-13-10-16-5-4-11-24-16/h3,6-9,14-16,24H,1,4-5,10-13H2,2H3,(H,25,27). The molecule has 0 spiro atoms. The molecule has 0 aromatic heterocycles. The summed E-state index contributed by atoms with van der Waals surface area (Å²) in [5.74, 6) is 0.696. The molecular weight excluding hydrogens is 414 g/mol. The van der Waals surface area contributed by atoms with Crippen molar-refractivity contribution in [3.8, 4) is 17.2 Å². The Morgan fingerprint density at radius 2 is 2.12 bits per heavy atom. The lowest BCUT2D eigenvalue weighted by Gasteiger charge is -2.15. The molecule has 1 amide bonds. The number of carbonyl (C=O) groups excluding carboxylic acids is 1. The number of nitrogens with one attached hydrogen (secondary N) is 2.